The summed E-state index contributed by atoms with van der Waals surface area (Å²) < 4.78 is 5.83. The van der Waals surface area contributed by atoms with E-state index in [1.807, 2.05) is 32.3 Å². The second kappa shape index (κ2) is 5.71. The minimum absolute atomic E-state index is 0.0335. The van der Waals surface area contributed by atoms with E-state index >= 15 is 0 Å². The minimum Gasteiger partial charge on any atom is -0.491 e. The van der Waals surface area contributed by atoms with Gasteiger partial charge in [0.1, 0.15) is 12.4 Å². The minimum atomic E-state index is -0.0335. The van der Waals surface area contributed by atoms with E-state index in [1.54, 1.807) is 0 Å². The lowest BCUT2D eigenvalue weighted by atomic mass is 10.1. The van der Waals surface area contributed by atoms with Crippen LogP contribution < -0.4 is 10.5 Å². The van der Waals surface area contributed by atoms with Gasteiger partial charge in [-0.1, -0.05) is 17.7 Å². The van der Waals surface area contributed by atoms with Gasteiger partial charge >= 0.3 is 0 Å². The van der Waals surface area contributed by atoms with Gasteiger partial charge < -0.3 is 15.4 Å². The highest BCUT2D eigenvalue weighted by molar-refractivity contribution is 6.31. The normalized spacial score (nSPS) is 11.9. The lowest BCUT2D eigenvalue weighted by Gasteiger charge is -2.32. The lowest BCUT2D eigenvalue weighted by Crippen LogP contribution is -2.43. The zero-order chi connectivity index (χ0) is 13.1. The molecule has 1 aromatic rings. The van der Waals surface area contributed by atoms with E-state index in [4.69, 9.17) is 22.1 Å². The van der Waals surface area contributed by atoms with Crippen LogP contribution in [0.25, 0.3) is 0 Å². The standard InChI is InChI=1S/C13H21ClN2O/c1-13(2,16(3)4)9-17-12-7-5-6-11(14)10(12)8-15/h5-7H,8-9,15H2,1-4H3. The van der Waals surface area contributed by atoms with Crippen molar-refractivity contribution in [1.29, 1.82) is 0 Å². The molecule has 0 heterocycles. The van der Waals surface area contributed by atoms with E-state index in [1.165, 1.54) is 0 Å². The van der Waals surface area contributed by atoms with E-state index in [9.17, 15) is 0 Å². The first-order valence-corrected chi connectivity index (χ1v) is 6.04. The number of rotatable bonds is 5. The van der Waals surface area contributed by atoms with Crippen molar-refractivity contribution < 1.29 is 4.74 Å². The predicted molar refractivity (Wildman–Crippen MR) is 72.6 cm³/mol. The molecule has 0 amide bonds. The quantitative estimate of drug-likeness (QED) is 0.880. The van der Waals surface area contributed by atoms with Gasteiger partial charge in [-0.15, -0.1) is 0 Å². The smallest absolute Gasteiger partial charge is 0.125 e. The second-order valence-corrected chi connectivity index (χ2v) is 5.32. The third kappa shape index (κ3) is 3.60. The first-order valence-electron chi connectivity index (χ1n) is 5.66. The molecule has 0 atom stereocenters. The maximum Gasteiger partial charge on any atom is 0.125 e. The van der Waals surface area contributed by atoms with Crippen LogP contribution >= 0.6 is 11.6 Å². The summed E-state index contributed by atoms with van der Waals surface area (Å²) in [7, 11) is 4.07. The van der Waals surface area contributed by atoms with Crippen LogP contribution in [0.2, 0.25) is 5.02 Å². The molecule has 0 saturated heterocycles. The highest BCUT2D eigenvalue weighted by Gasteiger charge is 2.22. The van der Waals surface area contributed by atoms with Crippen LogP contribution in [0.4, 0.5) is 0 Å². The fraction of sp³-hybridized carbons (Fsp3) is 0.538. The number of halogens is 1. The summed E-state index contributed by atoms with van der Waals surface area (Å²) in [4.78, 5) is 2.12. The topological polar surface area (TPSA) is 38.5 Å². The molecule has 0 aliphatic carbocycles. The molecule has 0 bridgehead atoms. The molecule has 0 aromatic heterocycles. The van der Waals surface area contributed by atoms with Crippen molar-refractivity contribution in [3.05, 3.63) is 28.8 Å². The van der Waals surface area contributed by atoms with E-state index in [0.29, 0.717) is 18.2 Å². The SMILES string of the molecule is CN(C)C(C)(C)COc1cccc(Cl)c1CN. The van der Waals surface area contributed by atoms with Crippen LogP contribution in [0, 0.1) is 0 Å². The molecule has 0 fully saturated rings. The van der Waals surface area contributed by atoms with Crippen LogP contribution in [-0.4, -0.2) is 31.1 Å². The van der Waals surface area contributed by atoms with Crippen molar-refractivity contribution in [1.82, 2.24) is 4.90 Å². The average molecular weight is 257 g/mol. The third-order valence-electron chi connectivity index (χ3n) is 3.07. The van der Waals surface area contributed by atoms with Crippen LogP contribution in [-0.2, 0) is 6.54 Å². The Morgan fingerprint density at radius 2 is 2.00 bits per heavy atom. The summed E-state index contributed by atoms with van der Waals surface area (Å²) in [6, 6.07) is 5.60. The first-order chi connectivity index (χ1) is 7.88. The molecule has 0 aliphatic heterocycles. The molecule has 0 spiro atoms. The molecule has 0 saturated carbocycles. The van der Waals surface area contributed by atoms with Crippen molar-refractivity contribution in [2.45, 2.75) is 25.9 Å². The Kier molecular flexibility index (Phi) is 4.80. The maximum atomic E-state index is 6.07. The molecule has 0 radical (unpaired) electrons. The van der Waals surface area contributed by atoms with E-state index in [2.05, 4.69) is 18.7 Å². The molecule has 2 N–H and O–H groups in total. The van der Waals surface area contributed by atoms with Gasteiger partial charge in [0.25, 0.3) is 0 Å². The Hall–Kier alpha value is -0.770. The van der Waals surface area contributed by atoms with Gasteiger partial charge in [-0.25, -0.2) is 0 Å². The van der Waals surface area contributed by atoms with Crippen molar-refractivity contribution in [2.24, 2.45) is 5.73 Å². The van der Waals surface area contributed by atoms with Crippen LogP contribution in [0.15, 0.2) is 18.2 Å². The number of hydrogen-bond acceptors (Lipinski definition) is 3. The Morgan fingerprint density at radius 1 is 1.35 bits per heavy atom. The molecular weight excluding hydrogens is 236 g/mol. The van der Waals surface area contributed by atoms with Crippen LogP contribution in [0.5, 0.6) is 5.75 Å². The Morgan fingerprint density at radius 3 is 2.53 bits per heavy atom. The second-order valence-electron chi connectivity index (χ2n) is 4.92. The number of nitrogens with two attached hydrogens (primary N) is 1. The molecule has 96 valence electrons. The zero-order valence-corrected chi connectivity index (χ0v) is 11.7. The van der Waals surface area contributed by atoms with E-state index < -0.39 is 0 Å². The number of hydrogen-bond donors (Lipinski definition) is 1. The predicted octanol–water partition coefficient (Wildman–Crippen LogP) is 2.52. The van der Waals surface area contributed by atoms with Crippen molar-refractivity contribution in [3.8, 4) is 5.75 Å². The number of benzene rings is 1. The summed E-state index contributed by atoms with van der Waals surface area (Å²) in [5, 5.41) is 0.660. The largest absolute Gasteiger partial charge is 0.491 e. The summed E-state index contributed by atoms with van der Waals surface area (Å²) >= 11 is 6.07. The molecule has 0 aliphatic rings. The first kappa shape index (κ1) is 14.3. The highest BCUT2D eigenvalue weighted by Crippen LogP contribution is 2.26. The lowest BCUT2D eigenvalue weighted by molar-refractivity contribution is 0.113. The summed E-state index contributed by atoms with van der Waals surface area (Å²) in [6.45, 7) is 5.23. The van der Waals surface area contributed by atoms with E-state index in [0.717, 1.165) is 11.3 Å². The fourth-order valence-electron chi connectivity index (χ4n) is 1.26. The van der Waals surface area contributed by atoms with Gasteiger partial charge in [-0.05, 0) is 40.1 Å². The highest BCUT2D eigenvalue weighted by atomic mass is 35.5. The molecule has 0 unspecified atom stereocenters. The Bertz CT molecular complexity index is 378. The Labute approximate surface area is 109 Å². The maximum absolute atomic E-state index is 6.07. The van der Waals surface area contributed by atoms with Crippen molar-refractivity contribution in [2.75, 3.05) is 20.7 Å². The molecule has 1 rings (SSSR count). The Balaban J connectivity index is 2.79. The third-order valence-corrected chi connectivity index (χ3v) is 3.43. The molecule has 3 nitrogen and oxygen atoms in total. The van der Waals surface area contributed by atoms with Gasteiger partial charge in [-0.3, -0.25) is 0 Å². The van der Waals surface area contributed by atoms with Gasteiger partial charge in [-0.2, -0.15) is 0 Å². The van der Waals surface area contributed by atoms with Crippen molar-refractivity contribution in [3.63, 3.8) is 0 Å². The number of likely N-dealkylation sites (N-methyl/N-ethyl adjacent to an activating group) is 1. The monoisotopic (exact) mass is 256 g/mol. The number of nitrogens with zero attached hydrogens (tertiary/aromatic N) is 1. The summed E-state index contributed by atoms with van der Waals surface area (Å²) in [5.74, 6) is 0.773. The molecule has 4 heteroatoms. The van der Waals surface area contributed by atoms with Gasteiger partial charge in [0, 0.05) is 22.7 Å². The van der Waals surface area contributed by atoms with Gasteiger partial charge in [0.05, 0.1) is 0 Å². The number of ether oxygens (including phenoxy) is 1. The van der Waals surface area contributed by atoms with Crippen molar-refractivity contribution >= 4 is 11.6 Å². The zero-order valence-electron chi connectivity index (χ0n) is 11.0. The molecule has 17 heavy (non-hydrogen) atoms. The summed E-state index contributed by atoms with van der Waals surface area (Å²) in [6.07, 6.45) is 0. The average Bonchev–Trinajstić information content (AvgIpc) is 2.26. The van der Waals surface area contributed by atoms with Gasteiger partial charge in [0.15, 0.2) is 0 Å². The molecule has 1 aromatic carbocycles. The fourth-order valence-corrected chi connectivity index (χ4v) is 1.50. The molecular formula is C13H21ClN2O. The van der Waals surface area contributed by atoms with E-state index in [-0.39, 0.29) is 5.54 Å². The van der Waals surface area contributed by atoms with Crippen LogP contribution in [0.3, 0.4) is 0 Å². The summed E-state index contributed by atoms with van der Waals surface area (Å²) in [5.41, 5.74) is 6.51. The van der Waals surface area contributed by atoms with Gasteiger partial charge in [0.2, 0.25) is 0 Å². The van der Waals surface area contributed by atoms with Crippen LogP contribution in [0.1, 0.15) is 19.4 Å².